The highest BCUT2D eigenvalue weighted by molar-refractivity contribution is 6.30. The Bertz CT molecular complexity index is 581. The molecule has 24 heavy (non-hydrogen) atoms. The van der Waals surface area contributed by atoms with Gasteiger partial charge in [0.2, 0.25) is 5.91 Å². The smallest absolute Gasteiger partial charge is 0.410 e. The minimum atomic E-state index is -0.506. The molecule has 5 nitrogen and oxygen atoms in total. The molecule has 6 heteroatoms. The summed E-state index contributed by atoms with van der Waals surface area (Å²) < 4.78 is 5.41. The van der Waals surface area contributed by atoms with Gasteiger partial charge in [0.25, 0.3) is 0 Å². The Kier molecular flexibility index (Phi) is 6.10. The molecule has 1 saturated heterocycles. The molecule has 1 fully saturated rings. The molecule has 2 rings (SSSR count). The van der Waals surface area contributed by atoms with Crippen LogP contribution < -0.4 is 0 Å². The molecule has 1 aromatic carbocycles. The summed E-state index contributed by atoms with van der Waals surface area (Å²) in [5, 5.41) is 0.661. The van der Waals surface area contributed by atoms with Gasteiger partial charge in [0.05, 0.1) is 6.42 Å². The van der Waals surface area contributed by atoms with E-state index in [2.05, 4.69) is 0 Å². The lowest BCUT2D eigenvalue weighted by Crippen LogP contribution is -2.40. The Balaban J connectivity index is 1.89. The van der Waals surface area contributed by atoms with Crippen molar-refractivity contribution in [2.24, 2.45) is 0 Å². The monoisotopic (exact) mass is 352 g/mol. The van der Waals surface area contributed by atoms with Gasteiger partial charge in [-0.25, -0.2) is 4.79 Å². The maximum atomic E-state index is 12.5. The molecule has 0 radical (unpaired) electrons. The van der Waals surface area contributed by atoms with Crippen LogP contribution in [0.3, 0.4) is 0 Å². The standard InChI is InChI=1S/C18H25ClN2O3/c1-18(2,3)24-17(23)21-10-4-9-20(11-12-21)16(22)13-14-5-7-15(19)8-6-14/h5-8H,4,9-13H2,1-3H3. The normalized spacial score (nSPS) is 15.8. The van der Waals surface area contributed by atoms with Gasteiger partial charge in [-0.1, -0.05) is 23.7 Å². The number of carbonyl (C=O) groups is 2. The largest absolute Gasteiger partial charge is 0.444 e. The summed E-state index contributed by atoms with van der Waals surface area (Å²) in [6.07, 6.45) is 0.796. The highest BCUT2D eigenvalue weighted by Gasteiger charge is 2.25. The van der Waals surface area contributed by atoms with Gasteiger partial charge in [-0.3, -0.25) is 4.79 Å². The summed E-state index contributed by atoms with van der Waals surface area (Å²) in [7, 11) is 0. The summed E-state index contributed by atoms with van der Waals surface area (Å²) in [6, 6.07) is 7.31. The van der Waals surface area contributed by atoms with E-state index < -0.39 is 5.60 Å². The zero-order valence-corrected chi connectivity index (χ0v) is 15.3. The van der Waals surface area contributed by atoms with Crippen molar-refractivity contribution in [3.05, 3.63) is 34.9 Å². The lowest BCUT2D eigenvalue weighted by atomic mass is 10.1. The Hall–Kier alpha value is -1.75. The van der Waals surface area contributed by atoms with E-state index in [4.69, 9.17) is 16.3 Å². The number of nitrogens with zero attached hydrogens (tertiary/aromatic N) is 2. The molecular formula is C18H25ClN2O3. The lowest BCUT2D eigenvalue weighted by molar-refractivity contribution is -0.130. The third-order valence-electron chi connectivity index (χ3n) is 3.77. The van der Waals surface area contributed by atoms with Crippen LogP contribution in [-0.4, -0.2) is 53.6 Å². The van der Waals surface area contributed by atoms with Crippen LogP contribution in [0, 0.1) is 0 Å². The Labute approximate surface area is 148 Å². The van der Waals surface area contributed by atoms with Gasteiger partial charge >= 0.3 is 6.09 Å². The fraction of sp³-hybridized carbons (Fsp3) is 0.556. The molecule has 132 valence electrons. The summed E-state index contributed by atoms with van der Waals surface area (Å²) in [5.41, 5.74) is 0.436. The van der Waals surface area contributed by atoms with Crippen LogP contribution >= 0.6 is 11.6 Å². The first-order valence-corrected chi connectivity index (χ1v) is 8.62. The Morgan fingerprint density at radius 2 is 1.62 bits per heavy atom. The molecule has 1 aliphatic rings. The molecule has 0 N–H and O–H groups in total. The summed E-state index contributed by atoms with van der Waals surface area (Å²) >= 11 is 5.87. The number of hydrogen-bond donors (Lipinski definition) is 0. The van der Waals surface area contributed by atoms with Crippen molar-refractivity contribution in [3.63, 3.8) is 0 Å². The molecule has 1 aromatic rings. The highest BCUT2D eigenvalue weighted by atomic mass is 35.5. The molecule has 0 aromatic heterocycles. The van der Waals surface area contributed by atoms with E-state index in [0.717, 1.165) is 12.0 Å². The lowest BCUT2D eigenvalue weighted by Gasteiger charge is -2.26. The van der Waals surface area contributed by atoms with Crippen molar-refractivity contribution < 1.29 is 14.3 Å². The van der Waals surface area contributed by atoms with Gasteiger partial charge < -0.3 is 14.5 Å². The summed E-state index contributed by atoms with van der Waals surface area (Å²) in [4.78, 5) is 28.1. The highest BCUT2D eigenvalue weighted by Crippen LogP contribution is 2.14. The van der Waals surface area contributed by atoms with Gasteiger partial charge in [-0.05, 0) is 44.9 Å². The molecule has 0 unspecified atom stereocenters. The molecular weight excluding hydrogens is 328 g/mol. The van der Waals surface area contributed by atoms with Crippen molar-refractivity contribution >= 4 is 23.6 Å². The SMILES string of the molecule is CC(C)(C)OC(=O)N1CCCN(C(=O)Cc2ccc(Cl)cc2)CC1. The molecule has 0 aliphatic carbocycles. The average Bonchev–Trinajstić information content (AvgIpc) is 2.74. The zero-order valence-electron chi connectivity index (χ0n) is 14.5. The van der Waals surface area contributed by atoms with Gasteiger partial charge in [0, 0.05) is 31.2 Å². The zero-order chi connectivity index (χ0) is 17.7. The van der Waals surface area contributed by atoms with Crippen LogP contribution in [0.25, 0.3) is 0 Å². The van der Waals surface area contributed by atoms with Crippen molar-refractivity contribution in [2.75, 3.05) is 26.2 Å². The number of halogens is 1. The molecule has 1 heterocycles. The molecule has 0 bridgehead atoms. The van der Waals surface area contributed by atoms with Crippen LogP contribution in [0.4, 0.5) is 4.79 Å². The minimum absolute atomic E-state index is 0.0726. The van der Waals surface area contributed by atoms with Gasteiger partial charge in [-0.15, -0.1) is 0 Å². The van der Waals surface area contributed by atoms with E-state index in [1.807, 2.05) is 37.8 Å². The predicted octanol–water partition coefficient (Wildman–Crippen LogP) is 3.35. The number of hydrogen-bond acceptors (Lipinski definition) is 3. The van der Waals surface area contributed by atoms with Crippen LogP contribution in [0.15, 0.2) is 24.3 Å². The van der Waals surface area contributed by atoms with Gasteiger partial charge in [0.1, 0.15) is 5.60 Å². The topological polar surface area (TPSA) is 49.9 Å². The average molecular weight is 353 g/mol. The van der Waals surface area contributed by atoms with Crippen LogP contribution in [-0.2, 0) is 16.0 Å². The number of rotatable bonds is 2. The van der Waals surface area contributed by atoms with Gasteiger partial charge in [-0.2, -0.15) is 0 Å². The van der Waals surface area contributed by atoms with E-state index in [9.17, 15) is 9.59 Å². The second-order valence-electron chi connectivity index (χ2n) is 7.00. The third kappa shape index (κ3) is 5.71. The second-order valence-corrected chi connectivity index (χ2v) is 7.44. The first-order valence-electron chi connectivity index (χ1n) is 8.25. The maximum Gasteiger partial charge on any atom is 0.410 e. The molecule has 0 saturated carbocycles. The van der Waals surface area contributed by atoms with E-state index in [1.165, 1.54) is 0 Å². The van der Waals surface area contributed by atoms with Crippen LogP contribution in [0.1, 0.15) is 32.8 Å². The van der Waals surface area contributed by atoms with Crippen LogP contribution in [0.2, 0.25) is 5.02 Å². The number of ether oxygens (including phenoxy) is 1. The van der Waals surface area contributed by atoms with E-state index in [-0.39, 0.29) is 12.0 Å². The summed E-state index contributed by atoms with van der Waals surface area (Å²) in [6.45, 7) is 7.86. The van der Waals surface area contributed by atoms with E-state index >= 15 is 0 Å². The number of amides is 2. The van der Waals surface area contributed by atoms with Gasteiger partial charge in [0.15, 0.2) is 0 Å². The Morgan fingerprint density at radius 1 is 1.04 bits per heavy atom. The minimum Gasteiger partial charge on any atom is -0.444 e. The quantitative estimate of drug-likeness (QED) is 0.820. The van der Waals surface area contributed by atoms with Crippen molar-refractivity contribution in [2.45, 2.75) is 39.2 Å². The second kappa shape index (κ2) is 7.88. The number of carbonyl (C=O) groups excluding carboxylic acids is 2. The maximum absolute atomic E-state index is 12.5. The molecule has 1 aliphatic heterocycles. The van der Waals surface area contributed by atoms with Crippen LogP contribution in [0.5, 0.6) is 0 Å². The molecule has 0 spiro atoms. The fourth-order valence-corrected chi connectivity index (χ4v) is 2.69. The predicted molar refractivity (Wildman–Crippen MR) is 94.2 cm³/mol. The first kappa shape index (κ1) is 18.6. The van der Waals surface area contributed by atoms with E-state index in [0.29, 0.717) is 37.6 Å². The molecule has 2 amide bonds. The third-order valence-corrected chi connectivity index (χ3v) is 4.02. The Morgan fingerprint density at radius 3 is 2.25 bits per heavy atom. The fourth-order valence-electron chi connectivity index (χ4n) is 2.56. The first-order chi connectivity index (χ1) is 11.2. The van der Waals surface area contributed by atoms with Crippen molar-refractivity contribution in [3.8, 4) is 0 Å². The van der Waals surface area contributed by atoms with E-state index in [1.54, 1.807) is 17.0 Å². The van der Waals surface area contributed by atoms with Crippen molar-refractivity contribution in [1.82, 2.24) is 9.80 Å². The summed E-state index contributed by atoms with van der Waals surface area (Å²) in [5.74, 6) is 0.0726. The molecule has 0 atom stereocenters. The number of benzene rings is 1. The van der Waals surface area contributed by atoms with Crippen molar-refractivity contribution in [1.29, 1.82) is 0 Å².